The lowest BCUT2D eigenvalue weighted by atomic mass is 10.0. The minimum absolute atomic E-state index is 0.0612. The third kappa shape index (κ3) is 6.57. The lowest BCUT2D eigenvalue weighted by molar-refractivity contribution is -0.136. The second kappa shape index (κ2) is 12.5. The summed E-state index contributed by atoms with van der Waals surface area (Å²) < 4.78 is 0.945. The molecular weight excluding hydrogens is 542 g/mol. The van der Waals surface area contributed by atoms with Crippen molar-refractivity contribution < 1.29 is 14.4 Å². The Hall–Kier alpha value is -4.23. The summed E-state index contributed by atoms with van der Waals surface area (Å²) in [6.45, 7) is 3.42. The fraction of sp³-hybridized carbons (Fsp3) is 0.393. The van der Waals surface area contributed by atoms with Crippen LogP contribution in [0.4, 0.5) is 9.93 Å². The normalized spacial score (nSPS) is 16.8. The minimum atomic E-state index is -0.796. The second-order valence-electron chi connectivity index (χ2n) is 10.2. The molecule has 0 saturated carbocycles. The number of nitrogen functional groups attached to an aromatic ring is 1. The van der Waals surface area contributed by atoms with E-state index in [0.717, 1.165) is 45.1 Å². The zero-order valence-corrected chi connectivity index (χ0v) is 24.0. The highest BCUT2D eigenvalue weighted by Crippen LogP contribution is 2.27. The molecule has 1 atom stereocenters. The SMILES string of the molecule is CCCCNC(=O)N(C)N1CCN(Cc2cccc3sc(N)nc23)C(=O)[C@H](Cc2ccc3[nH]ncc3c2)NC(=O)C1. The number of hydrazine groups is 1. The van der Waals surface area contributed by atoms with Crippen molar-refractivity contribution in [3.05, 3.63) is 53.7 Å². The lowest BCUT2D eigenvalue weighted by Crippen LogP contribution is -2.53. The molecule has 1 saturated heterocycles. The summed E-state index contributed by atoms with van der Waals surface area (Å²) in [7, 11) is 1.63. The Morgan fingerprint density at radius 3 is 2.93 bits per heavy atom. The molecule has 12 nitrogen and oxygen atoms in total. The Balaban J connectivity index is 1.42. The Morgan fingerprint density at radius 1 is 1.24 bits per heavy atom. The first-order chi connectivity index (χ1) is 19.8. The maximum absolute atomic E-state index is 14.1. The first-order valence-electron chi connectivity index (χ1n) is 13.7. The number of carbonyl (C=O) groups is 3. The maximum Gasteiger partial charge on any atom is 0.331 e. The molecule has 5 N–H and O–H groups in total. The second-order valence-corrected chi connectivity index (χ2v) is 11.3. The maximum atomic E-state index is 14.1. The van der Waals surface area contributed by atoms with Crippen LogP contribution < -0.4 is 16.4 Å². The van der Waals surface area contributed by atoms with Crippen molar-refractivity contribution in [2.24, 2.45) is 0 Å². The molecule has 1 fully saturated rings. The van der Waals surface area contributed by atoms with E-state index in [4.69, 9.17) is 5.73 Å². The number of unbranched alkanes of at least 4 members (excludes halogenated alkanes) is 1. The average molecular weight is 578 g/mol. The molecule has 1 aliphatic rings. The van der Waals surface area contributed by atoms with Crippen LogP contribution in [0.3, 0.4) is 0 Å². The van der Waals surface area contributed by atoms with Crippen molar-refractivity contribution in [3.63, 3.8) is 0 Å². The van der Waals surface area contributed by atoms with Crippen molar-refractivity contribution in [2.75, 3.05) is 39.0 Å². The highest BCUT2D eigenvalue weighted by molar-refractivity contribution is 7.22. The third-order valence-corrected chi connectivity index (χ3v) is 8.10. The number of aromatic amines is 1. The number of urea groups is 1. The summed E-state index contributed by atoms with van der Waals surface area (Å²) in [4.78, 5) is 46.4. The van der Waals surface area contributed by atoms with Gasteiger partial charge in [0.05, 0.1) is 28.5 Å². The van der Waals surface area contributed by atoms with E-state index in [1.165, 1.54) is 16.3 Å². The van der Waals surface area contributed by atoms with Gasteiger partial charge in [-0.05, 0) is 35.7 Å². The van der Waals surface area contributed by atoms with E-state index < -0.39 is 6.04 Å². The predicted octanol–water partition coefficient (Wildman–Crippen LogP) is 2.48. The van der Waals surface area contributed by atoms with Gasteiger partial charge in [-0.1, -0.05) is 42.9 Å². The molecule has 4 amide bonds. The first-order valence-corrected chi connectivity index (χ1v) is 14.5. The van der Waals surface area contributed by atoms with Crippen LogP contribution in [0, 0.1) is 0 Å². The number of aromatic nitrogens is 3. The van der Waals surface area contributed by atoms with Crippen LogP contribution in [0.15, 0.2) is 42.6 Å². The molecule has 0 radical (unpaired) electrons. The van der Waals surface area contributed by atoms with Gasteiger partial charge in [0.25, 0.3) is 0 Å². The monoisotopic (exact) mass is 577 g/mol. The van der Waals surface area contributed by atoms with Gasteiger partial charge in [0.2, 0.25) is 11.8 Å². The Labute approximate surface area is 241 Å². The van der Waals surface area contributed by atoms with Gasteiger partial charge in [0, 0.05) is 45.0 Å². The van der Waals surface area contributed by atoms with Gasteiger partial charge >= 0.3 is 6.03 Å². The van der Waals surface area contributed by atoms with Crippen molar-refractivity contribution in [2.45, 2.75) is 38.8 Å². The number of rotatable bonds is 8. The van der Waals surface area contributed by atoms with E-state index >= 15 is 0 Å². The minimum Gasteiger partial charge on any atom is -0.375 e. The fourth-order valence-electron chi connectivity index (χ4n) is 4.99. The zero-order chi connectivity index (χ0) is 28.9. The zero-order valence-electron chi connectivity index (χ0n) is 23.2. The molecule has 0 aliphatic carbocycles. The molecule has 4 aromatic rings. The van der Waals surface area contributed by atoms with Gasteiger partial charge in [-0.2, -0.15) is 5.10 Å². The number of nitrogens with two attached hydrogens (primary N) is 1. The smallest absolute Gasteiger partial charge is 0.331 e. The molecule has 0 bridgehead atoms. The van der Waals surface area contributed by atoms with E-state index in [-0.39, 0.29) is 30.9 Å². The number of hydrogen-bond acceptors (Lipinski definition) is 8. The van der Waals surface area contributed by atoms with Crippen molar-refractivity contribution >= 4 is 55.4 Å². The molecule has 3 heterocycles. The lowest BCUT2D eigenvalue weighted by Gasteiger charge is -2.32. The number of nitrogens with one attached hydrogen (secondary N) is 3. The van der Waals surface area contributed by atoms with Crippen molar-refractivity contribution in [3.8, 4) is 0 Å². The van der Waals surface area contributed by atoms with Crippen LogP contribution in [0.2, 0.25) is 0 Å². The molecule has 2 aromatic carbocycles. The number of fused-ring (bicyclic) bond motifs is 2. The summed E-state index contributed by atoms with van der Waals surface area (Å²) in [5.74, 6) is -0.542. The van der Waals surface area contributed by atoms with Crippen molar-refractivity contribution in [1.82, 2.24) is 40.7 Å². The number of anilines is 1. The van der Waals surface area contributed by atoms with Crippen LogP contribution in [0.5, 0.6) is 0 Å². The molecular formula is C28H35N9O3S. The molecule has 216 valence electrons. The number of thiazole rings is 1. The van der Waals surface area contributed by atoms with Crippen LogP contribution >= 0.6 is 11.3 Å². The predicted molar refractivity (Wildman–Crippen MR) is 159 cm³/mol. The summed E-state index contributed by atoms with van der Waals surface area (Å²) in [5, 5.41) is 17.3. The first kappa shape index (κ1) is 28.3. The van der Waals surface area contributed by atoms with E-state index in [1.54, 1.807) is 23.2 Å². The van der Waals surface area contributed by atoms with Crippen LogP contribution in [-0.4, -0.2) is 87.2 Å². The van der Waals surface area contributed by atoms with E-state index in [1.807, 2.05) is 36.4 Å². The number of para-hydroxylation sites is 1. The number of H-pyrrole nitrogens is 1. The molecule has 41 heavy (non-hydrogen) atoms. The van der Waals surface area contributed by atoms with Crippen molar-refractivity contribution in [1.29, 1.82) is 0 Å². The Kier molecular flexibility index (Phi) is 8.64. The van der Waals surface area contributed by atoms with Gasteiger partial charge in [-0.3, -0.25) is 19.7 Å². The quantitative estimate of drug-likeness (QED) is 0.235. The van der Waals surface area contributed by atoms with Crippen LogP contribution in [-0.2, 0) is 22.6 Å². The van der Waals surface area contributed by atoms with Crippen LogP contribution in [0.25, 0.3) is 21.1 Å². The largest absolute Gasteiger partial charge is 0.375 e. The third-order valence-electron chi connectivity index (χ3n) is 7.25. The number of amides is 4. The van der Waals surface area contributed by atoms with Gasteiger partial charge in [-0.15, -0.1) is 0 Å². The van der Waals surface area contributed by atoms with E-state index in [2.05, 4.69) is 32.7 Å². The van der Waals surface area contributed by atoms with Gasteiger partial charge < -0.3 is 21.3 Å². The summed E-state index contributed by atoms with van der Waals surface area (Å²) in [6.07, 6.45) is 3.86. The van der Waals surface area contributed by atoms with Gasteiger partial charge in [-0.25, -0.2) is 14.8 Å². The molecule has 13 heteroatoms. The molecule has 1 aliphatic heterocycles. The number of carbonyl (C=O) groups excluding carboxylic acids is 3. The number of benzene rings is 2. The molecule has 2 aromatic heterocycles. The number of nitrogens with zero attached hydrogens (tertiary/aromatic N) is 5. The Morgan fingerprint density at radius 2 is 2.10 bits per heavy atom. The van der Waals surface area contributed by atoms with E-state index in [0.29, 0.717) is 31.2 Å². The highest BCUT2D eigenvalue weighted by atomic mass is 32.1. The standard InChI is InChI=1S/C28H35N9O3S/c1-3-4-10-30-28(40)35(2)37-12-11-36(16-19-6-5-7-23-25(19)33-27(29)41-23)26(39)22(32-24(38)17-37)14-18-8-9-21-20(13-18)15-31-34-21/h5-9,13,15,22H,3-4,10-12,14,16-17H2,1-2H3,(H2,29,33)(H,30,40)(H,31,34)(H,32,38)/t22-/m0/s1. The summed E-state index contributed by atoms with van der Waals surface area (Å²) in [5.41, 5.74) is 9.41. The van der Waals surface area contributed by atoms with E-state index in [9.17, 15) is 14.4 Å². The molecule has 5 rings (SSSR count). The fourth-order valence-corrected chi connectivity index (χ4v) is 5.77. The highest BCUT2D eigenvalue weighted by Gasteiger charge is 2.31. The van der Waals surface area contributed by atoms with Gasteiger partial charge in [0.1, 0.15) is 6.04 Å². The average Bonchev–Trinajstić information content (AvgIpc) is 3.59. The molecule has 0 spiro atoms. The van der Waals surface area contributed by atoms with Crippen LogP contribution in [0.1, 0.15) is 30.9 Å². The number of hydrogen-bond donors (Lipinski definition) is 4. The summed E-state index contributed by atoms with van der Waals surface area (Å²) in [6, 6.07) is 10.5. The Bertz CT molecular complexity index is 1550. The molecule has 0 unspecified atom stereocenters. The topological polar surface area (TPSA) is 153 Å². The van der Waals surface area contributed by atoms with Gasteiger partial charge in [0.15, 0.2) is 5.13 Å². The summed E-state index contributed by atoms with van der Waals surface area (Å²) >= 11 is 1.40.